The predicted octanol–water partition coefficient (Wildman–Crippen LogP) is 3.04. The number of hydrogen-bond acceptors (Lipinski definition) is 2. The standard InChI is InChI=1S/C13H18ClFN2/c14-13-8-11(15)5-4-10(13)7-12(17-16)6-9-2-1-3-9/h4-5,8-9,12,17H,1-3,6-7,16H2. The van der Waals surface area contributed by atoms with Crippen molar-refractivity contribution in [3.8, 4) is 0 Å². The fourth-order valence-electron chi connectivity index (χ4n) is 2.29. The molecule has 4 heteroatoms. The third-order valence-corrected chi connectivity index (χ3v) is 3.91. The van der Waals surface area contributed by atoms with Gasteiger partial charge in [-0.3, -0.25) is 11.3 Å². The van der Waals surface area contributed by atoms with Crippen LogP contribution in [0.3, 0.4) is 0 Å². The lowest BCUT2D eigenvalue weighted by Gasteiger charge is -2.29. The smallest absolute Gasteiger partial charge is 0.124 e. The highest BCUT2D eigenvalue weighted by atomic mass is 35.5. The molecule has 1 aliphatic carbocycles. The highest BCUT2D eigenvalue weighted by molar-refractivity contribution is 6.31. The van der Waals surface area contributed by atoms with E-state index in [1.165, 1.54) is 31.4 Å². The van der Waals surface area contributed by atoms with Crippen molar-refractivity contribution >= 4 is 11.6 Å². The molecule has 3 N–H and O–H groups in total. The summed E-state index contributed by atoms with van der Waals surface area (Å²) in [4.78, 5) is 0. The molecule has 1 saturated carbocycles. The topological polar surface area (TPSA) is 38.0 Å². The lowest BCUT2D eigenvalue weighted by molar-refractivity contribution is 0.259. The normalized spacial score (nSPS) is 17.8. The van der Waals surface area contributed by atoms with Crippen molar-refractivity contribution in [2.24, 2.45) is 11.8 Å². The first kappa shape index (κ1) is 12.8. The van der Waals surface area contributed by atoms with Crippen molar-refractivity contribution in [1.29, 1.82) is 0 Å². The largest absolute Gasteiger partial charge is 0.271 e. The number of rotatable bonds is 5. The van der Waals surface area contributed by atoms with Crippen molar-refractivity contribution < 1.29 is 4.39 Å². The Morgan fingerprint density at radius 1 is 1.47 bits per heavy atom. The minimum Gasteiger partial charge on any atom is -0.271 e. The lowest BCUT2D eigenvalue weighted by atomic mass is 9.80. The Balaban J connectivity index is 1.96. The minimum atomic E-state index is -0.296. The van der Waals surface area contributed by atoms with E-state index in [2.05, 4.69) is 5.43 Å². The summed E-state index contributed by atoms with van der Waals surface area (Å²) in [5.74, 6) is 6.05. The number of nitrogens with two attached hydrogens (primary N) is 1. The molecule has 1 unspecified atom stereocenters. The van der Waals surface area contributed by atoms with E-state index in [0.29, 0.717) is 5.02 Å². The average molecular weight is 257 g/mol. The zero-order valence-corrected chi connectivity index (χ0v) is 10.5. The van der Waals surface area contributed by atoms with Gasteiger partial charge < -0.3 is 0 Å². The summed E-state index contributed by atoms with van der Waals surface area (Å²) in [7, 11) is 0. The number of benzene rings is 1. The summed E-state index contributed by atoms with van der Waals surface area (Å²) in [6.45, 7) is 0. The third kappa shape index (κ3) is 3.41. The van der Waals surface area contributed by atoms with Gasteiger partial charge in [0.05, 0.1) is 0 Å². The van der Waals surface area contributed by atoms with Crippen LogP contribution in [0.4, 0.5) is 4.39 Å². The molecule has 0 aliphatic heterocycles. The maximum atomic E-state index is 12.9. The molecule has 1 aliphatic rings. The summed E-state index contributed by atoms with van der Waals surface area (Å²) in [6, 6.07) is 4.76. The molecule has 94 valence electrons. The van der Waals surface area contributed by atoms with Gasteiger partial charge in [-0.15, -0.1) is 0 Å². The zero-order valence-electron chi connectivity index (χ0n) is 9.76. The number of nitrogens with one attached hydrogen (secondary N) is 1. The molecular weight excluding hydrogens is 239 g/mol. The summed E-state index contributed by atoms with van der Waals surface area (Å²) < 4.78 is 12.9. The van der Waals surface area contributed by atoms with Crippen molar-refractivity contribution in [1.82, 2.24) is 5.43 Å². The van der Waals surface area contributed by atoms with Gasteiger partial charge in [0.15, 0.2) is 0 Å². The van der Waals surface area contributed by atoms with Crippen LogP contribution in [-0.2, 0) is 6.42 Å². The Labute approximate surface area is 106 Å². The summed E-state index contributed by atoms with van der Waals surface area (Å²) >= 11 is 6.01. The summed E-state index contributed by atoms with van der Waals surface area (Å²) in [5.41, 5.74) is 3.79. The molecule has 0 spiro atoms. The van der Waals surface area contributed by atoms with Gasteiger partial charge in [-0.2, -0.15) is 0 Å². The van der Waals surface area contributed by atoms with Crippen LogP contribution in [0, 0.1) is 11.7 Å². The van der Waals surface area contributed by atoms with Crippen LogP contribution in [0.2, 0.25) is 5.02 Å². The van der Waals surface area contributed by atoms with Crippen LogP contribution in [0.25, 0.3) is 0 Å². The Hall–Kier alpha value is -0.640. The average Bonchev–Trinajstić information content (AvgIpc) is 2.24. The Bertz CT molecular complexity index is 380. The Morgan fingerprint density at radius 2 is 2.24 bits per heavy atom. The maximum absolute atomic E-state index is 12.9. The summed E-state index contributed by atoms with van der Waals surface area (Å²) in [5, 5.41) is 0.485. The molecule has 1 fully saturated rings. The van der Waals surface area contributed by atoms with Gasteiger partial charge in [-0.05, 0) is 36.5 Å². The molecule has 17 heavy (non-hydrogen) atoms. The van der Waals surface area contributed by atoms with Crippen molar-refractivity contribution in [3.63, 3.8) is 0 Å². The zero-order chi connectivity index (χ0) is 12.3. The molecule has 0 aromatic heterocycles. The molecule has 0 saturated heterocycles. The highest BCUT2D eigenvalue weighted by Crippen LogP contribution is 2.31. The molecule has 2 rings (SSSR count). The predicted molar refractivity (Wildman–Crippen MR) is 68.2 cm³/mol. The molecule has 1 aromatic carbocycles. The van der Waals surface area contributed by atoms with E-state index in [4.69, 9.17) is 17.4 Å². The fourth-order valence-corrected chi connectivity index (χ4v) is 2.54. The van der Waals surface area contributed by atoms with Crippen LogP contribution < -0.4 is 11.3 Å². The van der Waals surface area contributed by atoms with E-state index in [9.17, 15) is 4.39 Å². The third-order valence-electron chi connectivity index (χ3n) is 3.56. The Kier molecular flexibility index (Phi) is 4.37. The number of halogens is 2. The molecule has 0 radical (unpaired) electrons. The van der Waals surface area contributed by atoms with Crippen molar-refractivity contribution in [3.05, 3.63) is 34.6 Å². The first-order chi connectivity index (χ1) is 8.19. The SMILES string of the molecule is NNC(Cc1ccc(F)cc1Cl)CC1CCC1. The quantitative estimate of drug-likeness (QED) is 0.628. The van der Waals surface area contributed by atoms with Crippen LogP contribution in [0.15, 0.2) is 18.2 Å². The van der Waals surface area contributed by atoms with E-state index in [1.54, 1.807) is 6.07 Å². The van der Waals surface area contributed by atoms with E-state index in [0.717, 1.165) is 24.3 Å². The second-order valence-corrected chi connectivity index (χ2v) is 5.24. The van der Waals surface area contributed by atoms with Gasteiger partial charge in [-0.1, -0.05) is 36.9 Å². The second kappa shape index (κ2) is 5.80. The van der Waals surface area contributed by atoms with Crippen molar-refractivity contribution in [2.75, 3.05) is 0 Å². The molecule has 2 nitrogen and oxygen atoms in total. The lowest BCUT2D eigenvalue weighted by Crippen LogP contribution is -2.39. The van der Waals surface area contributed by atoms with Gasteiger partial charge in [0.2, 0.25) is 0 Å². The molecule has 0 bridgehead atoms. The monoisotopic (exact) mass is 256 g/mol. The minimum absolute atomic E-state index is 0.225. The summed E-state index contributed by atoms with van der Waals surface area (Å²) in [6.07, 6.45) is 5.76. The number of hydrogen-bond donors (Lipinski definition) is 2. The van der Waals surface area contributed by atoms with Crippen LogP contribution >= 0.6 is 11.6 Å². The first-order valence-corrected chi connectivity index (χ1v) is 6.47. The van der Waals surface area contributed by atoms with Gasteiger partial charge >= 0.3 is 0 Å². The fraction of sp³-hybridized carbons (Fsp3) is 0.538. The van der Waals surface area contributed by atoms with E-state index in [-0.39, 0.29) is 11.9 Å². The van der Waals surface area contributed by atoms with E-state index < -0.39 is 0 Å². The van der Waals surface area contributed by atoms with Gasteiger partial charge in [0.1, 0.15) is 5.82 Å². The van der Waals surface area contributed by atoms with Crippen LogP contribution in [0.5, 0.6) is 0 Å². The maximum Gasteiger partial charge on any atom is 0.124 e. The molecular formula is C13H18ClFN2. The van der Waals surface area contributed by atoms with Gasteiger partial charge in [0.25, 0.3) is 0 Å². The highest BCUT2D eigenvalue weighted by Gasteiger charge is 2.22. The van der Waals surface area contributed by atoms with Crippen molar-refractivity contribution in [2.45, 2.75) is 38.1 Å². The Morgan fingerprint density at radius 3 is 2.76 bits per heavy atom. The van der Waals surface area contributed by atoms with Crippen LogP contribution in [-0.4, -0.2) is 6.04 Å². The van der Waals surface area contributed by atoms with Gasteiger partial charge in [0, 0.05) is 11.1 Å². The van der Waals surface area contributed by atoms with E-state index >= 15 is 0 Å². The molecule has 1 aromatic rings. The van der Waals surface area contributed by atoms with E-state index in [1.807, 2.05) is 0 Å². The molecule has 0 heterocycles. The molecule has 0 amide bonds. The number of hydrazine groups is 1. The first-order valence-electron chi connectivity index (χ1n) is 6.09. The van der Waals surface area contributed by atoms with Gasteiger partial charge in [-0.25, -0.2) is 4.39 Å². The van der Waals surface area contributed by atoms with Crippen LogP contribution in [0.1, 0.15) is 31.2 Å². The second-order valence-electron chi connectivity index (χ2n) is 4.84. The molecule has 1 atom stereocenters.